The summed E-state index contributed by atoms with van der Waals surface area (Å²) in [5, 5.41) is 5.65. The molecule has 5 nitrogen and oxygen atoms in total. The number of nitrogens with one attached hydrogen (secondary N) is 2. The van der Waals surface area contributed by atoms with Crippen LogP contribution in [0, 0.1) is 6.92 Å². The lowest BCUT2D eigenvalue weighted by Crippen LogP contribution is -2.22. The topological polar surface area (TPSA) is 67.4 Å². The van der Waals surface area contributed by atoms with Crippen LogP contribution in [0.15, 0.2) is 78.9 Å². The number of anilines is 1. The molecule has 0 aliphatic heterocycles. The van der Waals surface area contributed by atoms with Gasteiger partial charge in [0.05, 0.1) is 0 Å². The van der Waals surface area contributed by atoms with Gasteiger partial charge in [-0.2, -0.15) is 0 Å². The number of benzene rings is 3. The molecule has 3 aromatic rings. The maximum absolute atomic E-state index is 12.2. The molecule has 0 fully saturated rings. The summed E-state index contributed by atoms with van der Waals surface area (Å²) in [5.74, 6) is 0.125. The molecule has 3 aromatic carbocycles. The monoisotopic (exact) mass is 374 g/mol. The molecule has 0 bridgehead atoms. The van der Waals surface area contributed by atoms with Crippen molar-refractivity contribution in [1.82, 2.24) is 5.32 Å². The van der Waals surface area contributed by atoms with Crippen LogP contribution in [-0.4, -0.2) is 18.4 Å². The van der Waals surface area contributed by atoms with Crippen LogP contribution in [0.2, 0.25) is 0 Å². The van der Waals surface area contributed by atoms with Gasteiger partial charge in [-0.1, -0.05) is 48.0 Å². The van der Waals surface area contributed by atoms with Crippen LogP contribution in [-0.2, 0) is 11.3 Å². The van der Waals surface area contributed by atoms with Crippen LogP contribution in [0.25, 0.3) is 0 Å². The lowest BCUT2D eigenvalue weighted by Gasteiger charge is -2.09. The Morgan fingerprint density at radius 3 is 2.21 bits per heavy atom. The highest BCUT2D eigenvalue weighted by molar-refractivity contribution is 5.94. The van der Waals surface area contributed by atoms with Crippen LogP contribution in [0.5, 0.6) is 5.75 Å². The molecule has 0 unspecified atom stereocenters. The molecule has 3 rings (SSSR count). The summed E-state index contributed by atoms with van der Waals surface area (Å²) in [4.78, 5) is 24.2. The second-order valence-corrected chi connectivity index (χ2v) is 6.40. The number of aryl methyl sites for hydroxylation is 1. The van der Waals surface area contributed by atoms with Gasteiger partial charge in [0, 0.05) is 17.8 Å². The Labute approximate surface area is 164 Å². The Morgan fingerprint density at radius 1 is 0.857 bits per heavy atom. The molecule has 0 aliphatic rings. The second kappa shape index (κ2) is 9.37. The molecule has 0 radical (unpaired) electrons. The Kier molecular flexibility index (Phi) is 6.41. The van der Waals surface area contributed by atoms with E-state index < -0.39 is 0 Å². The van der Waals surface area contributed by atoms with Gasteiger partial charge in [-0.3, -0.25) is 9.59 Å². The Bertz CT molecular complexity index is 920. The number of carbonyl (C=O) groups excluding carboxylic acids is 2. The third-order valence-corrected chi connectivity index (χ3v) is 4.12. The zero-order valence-electron chi connectivity index (χ0n) is 15.6. The number of amides is 2. The van der Waals surface area contributed by atoms with Gasteiger partial charge >= 0.3 is 0 Å². The average Bonchev–Trinajstić information content (AvgIpc) is 2.73. The Hall–Kier alpha value is -3.60. The molecule has 0 saturated carbocycles. The number of ether oxygens (including phenoxy) is 1. The third kappa shape index (κ3) is 5.71. The molecule has 0 spiro atoms. The van der Waals surface area contributed by atoms with E-state index in [1.807, 2.05) is 61.5 Å². The maximum atomic E-state index is 12.2. The van der Waals surface area contributed by atoms with E-state index in [2.05, 4.69) is 10.6 Å². The van der Waals surface area contributed by atoms with Gasteiger partial charge in [-0.15, -0.1) is 0 Å². The van der Waals surface area contributed by atoms with Crippen molar-refractivity contribution in [2.45, 2.75) is 13.5 Å². The first-order chi connectivity index (χ1) is 13.6. The molecule has 0 aliphatic carbocycles. The summed E-state index contributed by atoms with van der Waals surface area (Å²) in [6.07, 6.45) is 0. The van der Waals surface area contributed by atoms with Gasteiger partial charge in [0.2, 0.25) is 0 Å². The molecule has 0 atom stereocenters. The van der Waals surface area contributed by atoms with E-state index in [4.69, 9.17) is 4.74 Å². The summed E-state index contributed by atoms with van der Waals surface area (Å²) < 4.78 is 5.48. The zero-order chi connectivity index (χ0) is 19.8. The molecule has 5 heteroatoms. The van der Waals surface area contributed by atoms with Crippen LogP contribution in [0.1, 0.15) is 21.5 Å². The molecule has 142 valence electrons. The van der Waals surface area contributed by atoms with E-state index in [0.717, 1.165) is 16.8 Å². The van der Waals surface area contributed by atoms with Gasteiger partial charge in [0.25, 0.3) is 11.8 Å². The van der Waals surface area contributed by atoms with Crippen LogP contribution in [0.4, 0.5) is 5.69 Å². The number of hydrogen-bond acceptors (Lipinski definition) is 3. The largest absolute Gasteiger partial charge is 0.484 e. The third-order valence-electron chi connectivity index (χ3n) is 4.12. The second-order valence-electron chi connectivity index (χ2n) is 6.40. The predicted molar refractivity (Wildman–Crippen MR) is 109 cm³/mol. The van der Waals surface area contributed by atoms with Crippen molar-refractivity contribution in [2.24, 2.45) is 0 Å². The van der Waals surface area contributed by atoms with Crippen molar-refractivity contribution in [3.05, 3.63) is 95.6 Å². The van der Waals surface area contributed by atoms with Gasteiger partial charge in [-0.05, 0) is 48.9 Å². The molecular weight excluding hydrogens is 352 g/mol. The smallest absolute Gasteiger partial charge is 0.262 e. The first-order valence-corrected chi connectivity index (χ1v) is 9.02. The molecule has 2 N–H and O–H groups in total. The summed E-state index contributed by atoms with van der Waals surface area (Å²) in [5.41, 5.74) is 3.43. The lowest BCUT2D eigenvalue weighted by molar-refractivity contribution is -0.118. The predicted octanol–water partition coefficient (Wildman–Crippen LogP) is 3.94. The molecule has 28 heavy (non-hydrogen) atoms. The fourth-order valence-electron chi connectivity index (χ4n) is 2.57. The minimum absolute atomic E-state index is 0.104. The first-order valence-electron chi connectivity index (χ1n) is 9.02. The molecule has 0 heterocycles. The minimum atomic E-state index is -0.242. The van der Waals surface area contributed by atoms with Gasteiger partial charge < -0.3 is 15.4 Å². The summed E-state index contributed by atoms with van der Waals surface area (Å²) in [6, 6.07) is 24.0. The lowest BCUT2D eigenvalue weighted by atomic mass is 10.2. The van der Waals surface area contributed by atoms with E-state index in [9.17, 15) is 9.59 Å². The van der Waals surface area contributed by atoms with Crippen molar-refractivity contribution in [3.63, 3.8) is 0 Å². The average molecular weight is 374 g/mol. The van der Waals surface area contributed by atoms with Gasteiger partial charge in [0.15, 0.2) is 6.61 Å². The van der Waals surface area contributed by atoms with Crippen LogP contribution < -0.4 is 15.4 Å². The fraction of sp³-hybridized carbons (Fsp3) is 0.130. The quantitative estimate of drug-likeness (QED) is 0.658. The highest BCUT2D eigenvalue weighted by atomic mass is 16.5. The SMILES string of the molecule is Cc1ccc(NC(=O)COc2ccc(C(=O)NCc3ccccc3)cc2)cc1. The van der Waals surface area contributed by atoms with Crippen molar-refractivity contribution in [3.8, 4) is 5.75 Å². The van der Waals surface area contributed by atoms with Crippen molar-refractivity contribution < 1.29 is 14.3 Å². The number of carbonyl (C=O) groups is 2. The molecule has 0 aromatic heterocycles. The Morgan fingerprint density at radius 2 is 1.54 bits per heavy atom. The maximum Gasteiger partial charge on any atom is 0.262 e. The number of hydrogen-bond donors (Lipinski definition) is 2. The van der Waals surface area contributed by atoms with E-state index in [0.29, 0.717) is 17.9 Å². The highest BCUT2D eigenvalue weighted by Crippen LogP contribution is 2.13. The molecule has 2 amide bonds. The van der Waals surface area contributed by atoms with Crippen LogP contribution >= 0.6 is 0 Å². The van der Waals surface area contributed by atoms with E-state index in [1.54, 1.807) is 24.3 Å². The van der Waals surface area contributed by atoms with E-state index in [-0.39, 0.29) is 18.4 Å². The molecule has 0 saturated heterocycles. The summed E-state index contributed by atoms with van der Waals surface area (Å²) >= 11 is 0. The van der Waals surface area contributed by atoms with Crippen molar-refractivity contribution >= 4 is 17.5 Å². The van der Waals surface area contributed by atoms with Gasteiger partial charge in [0.1, 0.15) is 5.75 Å². The fourth-order valence-corrected chi connectivity index (χ4v) is 2.57. The Balaban J connectivity index is 1.46. The summed E-state index contributed by atoms with van der Waals surface area (Å²) in [7, 11) is 0. The van der Waals surface area contributed by atoms with Crippen molar-refractivity contribution in [1.29, 1.82) is 0 Å². The standard InChI is InChI=1S/C23H22N2O3/c1-17-7-11-20(12-8-17)25-22(26)16-28-21-13-9-19(10-14-21)23(27)24-15-18-5-3-2-4-6-18/h2-14H,15-16H2,1H3,(H,24,27)(H,25,26). The zero-order valence-corrected chi connectivity index (χ0v) is 15.6. The normalized spacial score (nSPS) is 10.2. The first kappa shape index (κ1) is 19.2. The van der Waals surface area contributed by atoms with E-state index in [1.165, 1.54) is 0 Å². The van der Waals surface area contributed by atoms with E-state index >= 15 is 0 Å². The molecular formula is C23H22N2O3. The highest BCUT2D eigenvalue weighted by Gasteiger charge is 2.07. The van der Waals surface area contributed by atoms with Crippen molar-refractivity contribution in [2.75, 3.05) is 11.9 Å². The minimum Gasteiger partial charge on any atom is -0.484 e. The van der Waals surface area contributed by atoms with Gasteiger partial charge in [-0.25, -0.2) is 0 Å². The van der Waals surface area contributed by atoms with Crippen LogP contribution in [0.3, 0.4) is 0 Å². The number of rotatable bonds is 7. The summed E-state index contributed by atoms with van der Waals surface area (Å²) in [6.45, 7) is 2.35.